The molecule has 1 heterocycles. The third-order valence-corrected chi connectivity index (χ3v) is 5.32. The van der Waals surface area contributed by atoms with E-state index in [1.807, 2.05) is 6.92 Å². The van der Waals surface area contributed by atoms with Crippen molar-refractivity contribution >= 4 is 21.6 Å². The molecule has 0 unspecified atom stereocenters. The summed E-state index contributed by atoms with van der Waals surface area (Å²) in [7, 11) is -3.77. The van der Waals surface area contributed by atoms with E-state index in [0.29, 0.717) is 11.6 Å². The molecule has 2 atom stereocenters. The molecule has 1 aliphatic rings. The lowest BCUT2D eigenvalue weighted by molar-refractivity contribution is -0.120. The minimum Gasteiger partial charge on any atom is -0.325 e. The highest BCUT2D eigenvalue weighted by molar-refractivity contribution is 7.89. The molecule has 128 valence electrons. The summed E-state index contributed by atoms with van der Waals surface area (Å²) in [6.45, 7) is 5.95. The summed E-state index contributed by atoms with van der Waals surface area (Å²) in [5.74, 6) is 0.563. The molecule has 0 aliphatic carbocycles. The van der Waals surface area contributed by atoms with E-state index in [4.69, 9.17) is 5.14 Å². The maximum Gasteiger partial charge on any atom is 0.241 e. The second-order valence-corrected chi connectivity index (χ2v) is 7.87. The average molecular weight is 339 g/mol. The van der Waals surface area contributed by atoms with Gasteiger partial charge in [0, 0.05) is 5.69 Å². The van der Waals surface area contributed by atoms with Crippen molar-refractivity contribution < 1.29 is 13.2 Å². The molecule has 2 rings (SSSR count). The van der Waals surface area contributed by atoms with Crippen LogP contribution >= 0.6 is 0 Å². The first-order valence-electron chi connectivity index (χ1n) is 7.95. The van der Waals surface area contributed by atoms with E-state index >= 15 is 0 Å². The molecule has 1 amide bonds. The summed E-state index contributed by atoms with van der Waals surface area (Å²) in [6.07, 6.45) is 3.39. The molecule has 6 nitrogen and oxygen atoms in total. The number of nitrogens with one attached hydrogen (secondary N) is 1. The Balaban J connectivity index is 2.03. The molecule has 7 heteroatoms. The number of likely N-dealkylation sites (tertiary alicyclic amines) is 1. The van der Waals surface area contributed by atoms with Gasteiger partial charge in [0.2, 0.25) is 15.9 Å². The number of hydrogen-bond acceptors (Lipinski definition) is 4. The summed E-state index contributed by atoms with van der Waals surface area (Å²) in [6, 6.07) is 5.76. The fourth-order valence-corrected chi connectivity index (χ4v) is 3.40. The Morgan fingerprint density at radius 1 is 1.35 bits per heavy atom. The number of amides is 1. The summed E-state index contributed by atoms with van der Waals surface area (Å²) in [5.41, 5.74) is 0.441. The molecular weight excluding hydrogens is 314 g/mol. The van der Waals surface area contributed by atoms with E-state index in [0.717, 1.165) is 25.9 Å². The van der Waals surface area contributed by atoms with Crippen molar-refractivity contribution in [2.75, 3.05) is 18.4 Å². The first-order chi connectivity index (χ1) is 10.8. The number of rotatable bonds is 4. The van der Waals surface area contributed by atoms with Crippen molar-refractivity contribution in [2.24, 2.45) is 11.1 Å². The van der Waals surface area contributed by atoms with Gasteiger partial charge in [-0.15, -0.1) is 0 Å². The highest BCUT2D eigenvalue weighted by Crippen LogP contribution is 2.19. The van der Waals surface area contributed by atoms with Crippen molar-refractivity contribution in [3.05, 3.63) is 24.3 Å². The van der Waals surface area contributed by atoms with Gasteiger partial charge in [-0.05, 0) is 63.4 Å². The quantitative estimate of drug-likeness (QED) is 0.874. The lowest BCUT2D eigenvalue weighted by Gasteiger charge is -2.26. The molecular formula is C16H25N3O3S. The van der Waals surface area contributed by atoms with Crippen molar-refractivity contribution in [2.45, 2.75) is 44.0 Å². The van der Waals surface area contributed by atoms with Crippen molar-refractivity contribution in [3.63, 3.8) is 0 Å². The average Bonchev–Trinajstić information content (AvgIpc) is 2.70. The Labute approximate surface area is 138 Å². The summed E-state index contributed by atoms with van der Waals surface area (Å²) in [5, 5.41) is 7.90. The van der Waals surface area contributed by atoms with Crippen molar-refractivity contribution in [1.82, 2.24) is 4.90 Å². The predicted molar refractivity (Wildman–Crippen MR) is 90.5 cm³/mol. The maximum absolute atomic E-state index is 12.4. The third-order valence-electron chi connectivity index (χ3n) is 4.41. The molecule has 3 N–H and O–H groups in total. The van der Waals surface area contributed by atoms with Crippen LogP contribution in [0.1, 0.15) is 33.1 Å². The smallest absolute Gasteiger partial charge is 0.241 e. The lowest BCUT2D eigenvalue weighted by atomic mass is 10.0. The zero-order valence-electron chi connectivity index (χ0n) is 13.7. The Morgan fingerprint density at radius 2 is 2.09 bits per heavy atom. The molecule has 1 aromatic carbocycles. The van der Waals surface area contributed by atoms with E-state index < -0.39 is 10.0 Å². The van der Waals surface area contributed by atoms with Crippen LogP contribution in [-0.2, 0) is 14.8 Å². The number of hydrogen-bond donors (Lipinski definition) is 2. The zero-order chi connectivity index (χ0) is 17.0. The third kappa shape index (κ3) is 5.02. The predicted octanol–water partition coefficient (Wildman–Crippen LogP) is 1.78. The molecule has 23 heavy (non-hydrogen) atoms. The standard InChI is InChI=1S/C16H25N3O3S/c1-12-5-4-9-19(10-8-12)13(2)16(20)18-14-6-3-7-15(11-14)23(17,21)22/h3,6-7,11-13H,4-5,8-10H2,1-2H3,(H,18,20)(H2,17,21,22)/t12-,13+/m0/s1. The number of primary sulfonamides is 1. The van der Waals surface area contributed by atoms with Gasteiger partial charge < -0.3 is 5.32 Å². The van der Waals surface area contributed by atoms with Crippen molar-refractivity contribution in [3.8, 4) is 0 Å². The molecule has 1 aromatic rings. The van der Waals surface area contributed by atoms with Gasteiger partial charge >= 0.3 is 0 Å². The van der Waals surface area contributed by atoms with Crippen LogP contribution in [0.15, 0.2) is 29.2 Å². The minimum absolute atomic E-state index is 0.00782. The Morgan fingerprint density at radius 3 is 2.78 bits per heavy atom. The number of nitrogens with two attached hydrogens (primary N) is 1. The second-order valence-electron chi connectivity index (χ2n) is 6.31. The van der Waals surface area contributed by atoms with Crippen LogP contribution in [0, 0.1) is 5.92 Å². The minimum atomic E-state index is -3.77. The largest absolute Gasteiger partial charge is 0.325 e. The molecule has 1 aliphatic heterocycles. The van der Waals surface area contributed by atoms with Gasteiger partial charge in [-0.25, -0.2) is 13.6 Å². The Bertz CT molecular complexity index is 660. The number of carbonyl (C=O) groups is 1. The fourth-order valence-electron chi connectivity index (χ4n) is 2.84. The molecule has 0 spiro atoms. The van der Waals surface area contributed by atoms with E-state index in [1.54, 1.807) is 12.1 Å². The summed E-state index contributed by atoms with van der Waals surface area (Å²) >= 11 is 0. The van der Waals surface area contributed by atoms with E-state index in [2.05, 4.69) is 17.1 Å². The van der Waals surface area contributed by atoms with E-state index in [1.165, 1.54) is 18.6 Å². The van der Waals surface area contributed by atoms with Gasteiger partial charge in [0.05, 0.1) is 10.9 Å². The van der Waals surface area contributed by atoms with Gasteiger partial charge in [-0.1, -0.05) is 13.0 Å². The van der Waals surface area contributed by atoms with Crippen LogP contribution in [-0.4, -0.2) is 38.4 Å². The van der Waals surface area contributed by atoms with Crippen LogP contribution in [0.5, 0.6) is 0 Å². The normalized spacial score (nSPS) is 21.4. The molecule has 0 saturated carbocycles. The Hall–Kier alpha value is -1.44. The van der Waals surface area contributed by atoms with Gasteiger partial charge in [0.15, 0.2) is 0 Å². The summed E-state index contributed by atoms with van der Waals surface area (Å²) in [4.78, 5) is 14.6. The van der Waals surface area contributed by atoms with Gasteiger partial charge in [-0.2, -0.15) is 0 Å². The second kappa shape index (κ2) is 7.42. The van der Waals surface area contributed by atoms with Crippen LogP contribution < -0.4 is 10.5 Å². The van der Waals surface area contributed by atoms with Crippen LogP contribution in [0.3, 0.4) is 0 Å². The first kappa shape index (κ1) is 17.9. The first-order valence-corrected chi connectivity index (χ1v) is 9.50. The lowest BCUT2D eigenvalue weighted by Crippen LogP contribution is -2.42. The van der Waals surface area contributed by atoms with E-state index in [9.17, 15) is 13.2 Å². The number of nitrogens with zero attached hydrogens (tertiary/aromatic N) is 1. The number of benzene rings is 1. The number of sulfonamides is 1. The SMILES string of the molecule is C[C@H]1CCCN([C@H](C)C(=O)Nc2cccc(S(N)(=O)=O)c2)CC1. The molecule has 1 saturated heterocycles. The van der Waals surface area contributed by atoms with E-state index in [-0.39, 0.29) is 16.8 Å². The molecule has 1 fully saturated rings. The zero-order valence-corrected chi connectivity index (χ0v) is 14.5. The number of anilines is 1. The number of carbonyl (C=O) groups excluding carboxylic acids is 1. The molecule has 0 bridgehead atoms. The maximum atomic E-state index is 12.4. The molecule has 0 aromatic heterocycles. The van der Waals surface area contributed by atoms with Crippen LogP contribution in [0.25, 0.3) is 0 Å². The summed E-state index contributed by atoms with van der Waals surface area (Å²) < 4.78 is 22.8. The highest BCUT2D eigenvalue weighted by Gasteiger charge is 2.24. The Kier molecular flexibility index (Phi) is 5.78. The monoisotopic (exact) mass is 339 g/mol. The van der Waals surface area contributed by atoms with Crippen LogP contribution in [0.4, 0.5) is 5.69 Å². The highest BCUT2D eigenvalue weighted by atomic mass is 32.2. The van der Waals surface area contributed by atoms with Crippen molar-refractivity contribution in [1.29, 1.82) is 0 Å². The molecule has 0 radical (unpaired) electrons. The van der Waals surface area contributed by atoms with Gasteiger partial charge in [0.1, 0.15) is 0 Å². The van der Waals surface area contributed by atoms with Gasteiger partial charge in [0.25, 0.3) is 0 Å². The fraction of sp³-hybridized carbons (Fsp3) is 0.562. The topological polar surface area (TPSA) is 92.5 Å². The van der Waals surface area contributed by atoms with Gasteiger partial charge in [-0.3, -0.25) is 9.69 Å². The van der Waals surface area contributed by atoms with Crippen LogP contribution in [0.2, 0.25) is 0 Å².